The Morgan fingerprint density at radius 1 is 1.10 bits per heavy atom. The number of rotatable bonds is 12. The highest BCUT2D eigenvalue weighted by molar-refractivity contribution is 7.92. The van der Waals surface area contributed by atoms with Crippen molar-refractivity contribution in [1.82, 2.24) is 10.2 Å². The summed E-state index contributed by atoms with van der Waals surface area (Å²) in [6, 6.07) is 11.4. The maximum Gasteiger partial charge on any atom is 0.242 e. The van der Waals surface area contributed by atoms with Crippen LogP contribution in [0.3, 0.4) is 0 Å². The van der Waals surface area contributed by atoms with Gasteiger partial charge in [-0.05, 0) is 62.1 Å². The maximum absolute atomic E-state index is 13.5. The van der Waals surface area contributed by atoms with E-state index in [9.17, 15) is 18.0 Å². The summed E-state index contributed by atoms with van der Waals surface area (Å²) in [5.41, 5.74) is 1.08. The summed E-state index contributed by atoms with van der Waals surface area (Å²) in [7, 11) is -2.12. The minimum Gasteiger partial charge on any atom is -0.497 e. The fourth-order valence-electron chi connectivity index (χ4n) is 4.78. The van der Waals surface area contributed by atoms with Gasteiger partial charge < -0.3 is 15.0 Å². The number of ether oxygens (including phenoxy) is 1. The second-order valence-electron chi connectivity index (χ2n) is 9.93. The number of benzene rings is 2. The van der Waals surface area contributed by atoms with Gasteiger partial charge in [-0.2, -0.15) is 0 Å². The molecule has 1 N–H and O–H groups in total. The SMILES string of the molecule is COc1cccc(CN(C(=O)CCCN(c2cc(Cl)ccc2Cl)S(C)(=O)=O)C(C)C(=O)NC2CCCCC2)c1. The Labute approximate surface area is 241 Å². The molecule has 0 heterocycles. The molecule has 2 aromatic rings. The van der Waals surface area contributed by atoms with Gasteiger partial charge >= 0.3 is 0 Å². The molecule has 0 spiro atoms. The first-order valence-corrected chi connectivity index (χ1v) is 15.8. The number of hydrogen-bond donors (Lipinski definition) is 1. The van der Waals surface area contributed by atoms with Crippen LogP contribution in [0.5, 0.6) is 5.75 Å². The summed E-state index contributed by atoms with van der Waals surface area (Å²) < 4.78 is 31.6. The van der Waals surface area contributed by atoms with E-state index in [1.165, 1.54) is 18.6 Å². The van der Waals surface area contributed by atoms with Gasteiger partial charge in [-0.3, -0.25) is 13.9 Å². The standard InChI is InChI=1S/C28H37Cl2N3O5S/c1-20(28(35)31-23-10-5-4-6-11-23)32(19-21-9-7-12-24(17-21)38-2)27(34)13-8-16-33(39(3,36)37)26-18-22(29)14-15-25(26)30/h7,9,12,14-15,17-18,20,23H,4-6,8,10-11,13,16,19H2,1-3H3,(H,31,35). The lowest BCUT2D eigenvalue weighted by atomic mass is 9.95. The molecule has 1 atom stereocenters. The van der Waals surface area contributed by atoms with Crippen LogP contribution in [0.25, 0.3) is 0 Å². The number of anilines is 1. The van der Waals surface area contributed by atoms with Crippen LogP contribution in [-0.4, -0.2) is 57.1 Å². The highest BCUT2D eigenvalue weighted by Gasteiger charge is 2.29. The molecule has 0 aromatic heterocycles. The molecule has 214 valence electrons. The van der Waals surface area contributed by atoms with Gasteiger partial charge in [0.2, 0.25) is 21.8 Å². The normalized spacial score (nSPS) is 14.9. The summed E-state index contributed by atoms with van der Waals surface area (Å²) in [6.07, 6.45) is 6.56. The van der Waals surface area contributed by atoms with E-state index in [0.717, 1.165) is 41.8 Å². The van der Waals surface area contributed by atoms with E-state index >= 15 is 0 Å². The van der Waals surface area contributed by atoms with Gasteiger partial charge in [0.15, 0.2) is 0 Å². The van der Waals surface area contributed by atoms with Gasteiger partial charge in [-0.25, -0.2) is 8.42 Å². The molecule has 1 unspecified atom stereocenters. The molecule has 2 aromatic carbocycles. The molecule has 2 amide bonds. The van der Waals surface area contributed by atoms with Crippen molar-refractivity contribution in [3.8, 4) is 5.75 Å². The van der Waals surface area contributed by atoms with Crippen molar-refractivity contribution in [1.29, 1.82) is 0 Å². The van der Waals surface area contributed by atoms with E-state index in [2.05, 4.69) is 5.32 Å². The predicted molar refractivity (Wildman–Crippen MR) is 156 cm³/mol. The van der Waals surface area contributed by atoms with Crippen LogP contribution < -0.4 is 14.4 Å². The number of sulfonamides is 1. The molecule has 0 bridgehead atoms. The van der Waals surface area contributed by atoms with Gasteiger partial charge in [0.25, 0.3) is 0 Å². The van der Waals surface area contributed by atoms with E-state index < -0.39 is 16.1 Å². The highest BCUT2D eigenvalue weighted by atomic mass is 35.5. The summed E-state index contributed by atoms with van der Waals surface area (Å²) in [4.78, 5) is 28.3. The molecule has 1 fully saturated rings. The topological polar surface area (TPSA) is 96.0 Å². The molecule has 0 radical (unpaired) electrons. The van der Waals surface area contributed by atoms with Crippen molar-refractivity contribution in [2.45, 2.75) is 70.5 Å². The molecule has 1 aliphatic carbocycles. The first kappa shape index (κ1) is 31.0. The Balaban J connectivity index is 1.75. The Hall–Kier alpha value is -2.49. The Kier molecular flexibility index (Phi) is 11.3. The minimum absolute atomic E-state index is 0.0281. The van der Waals surface area contributed by atoms with Gasteiger partial charge in [0.05, 0.1) is 24.1 Å². The second kappa shape index (κ2) is 14.2. The Bertz CT molecular complexity index is 1250. The van der Waals surface area contributed by atoms with E-state index in [-0.39, 0.29) is 54.5 Å². The lowest BCUT2D eigenvalue weighted by molar-refractivity contribution is -0.141. The monoisotopic (exact) mass is 597 g/mol. The Morgan fingerprint density at radius 3 is 2.49 bits per heavy atom. The largest absolute Gasteiger partial charge is 0.497 e. The number of hydrogen-bond acceptors (Lipinski definition) is 5. The molecular formula is C28H37Cl2N3O5S. The zero-order chi connectivity index (χ0) is 28.6. The second-order valence-corrected chi connectivity index (χ2v) is 12.7. The van der Waals surface area contributed by atoms with E-state index in [0.29, 0.717) is 10.8 Å². The third-order valence-electron chi connectivity index (χ3n) is 6.93. The van der Waals surface area contributed by atoms with Crippen molar-refractivity contribution in [3.05, 3.63) is 58.1 Å². The number of amides is 2. The van der Waals surface area contributed by atoms with E-state index in [4.69, 9.17) is 27.9 Å². The quantitative estimate of drug-likeness (QED) is 0.352. The van der Waals surface area contributed by atoms with Crippen LogP contribution in [0.1, 0.15) is 57.4 Å². The first-order chi connectivity index (χ1) is 18.5. The molecular weight excluding hydrogens is 561 g/mol. The molecule has 0 saturated heterocycles. The predicted octanol–water partition coefficient (Wildman–Crippen LogP) is 5.41. The van der Waals surface area contributed by atoms with E-state index in [1.54, 1.807) is 25.0 Å². The fourth-order valence-corrected chi connectivity index (χ4v) is 6.18. The van der Waals surface area contributed by atoms with E-state index in [1.807, 2.05) is 24.3 Å². The van der Waals surface area contributed by atoms with Crippen molar-refractivity contribution in [2.75, 3.05) is 24.2 Å². The van der Waals surface area contributed by atoms with Crippen molar-refractivity contribution in [2.24, 2.45) is 0 Å². The Morgan fingerprint density at radius 2 is 1.82 bits per heavy atom. The summed E-state index contributed by atoms with van der Waals surface area (Å²) in [6.45, 7) is 1.97. The molecule has 1 saturated carbocycles. The third-order valence-corrected chi connectivity index (χ3v) is 8.67. The molecule has 1 aliphatic rings. The third kappa shape index (κ3) is 9.01. The molecule has 3 rings (SSSR count). The van der Waals surface area contributed by atoms with Crippen LogP contribution in [0, 0.1) is 0 Å². The van der Waals surface area contributed by atoms with Crippen LogP contribution >= 0.6 is 23.2 Å². The minimum atomic E-state index is -3.69. The summed E-state index contributed by atoms with van der Waals surface area (Å²) >= 11 is 12.3. The number of halogens is 2. The van der Waals surface area contributed by atoms with Crippen molar-refractivity contribution < 1.29 is 22.7 Å². The number of carbonyl (C=O) groups is 2. The number of nitrogens with zero attached hydrogens (tertiary/aromatic N) is 2. The maximum atomic E-state index is 13.5. The van der Waals surface area contributed by atoms with Crippen LogP contribution in [-0.2, 0) is 26.2 Å². The first-order valence-electron chi connectivity index (χ1n) is 13.1. The highest BCUT2D eigenvalue weighted by Crippen LogP contribution is 2.31. The van der Waals surface area contributed by atoms with Crippen LogP contribution in [0.4, 0.5) is 5.69 Å². The molecule has 39 heavy (non-hydrogen) atoms. The van der Waals surface area contributed by atoms with Crippen LogP contribution in [0.2, 0.25) is 10.0 Å². The summed E-state index contributed by atoms with van der Waals surface area (Å²) in [5, 5.41) is 3.71. The zero-order valence-corrected chi connectivity index (χ0v) is 25.0. The van der Waals surface area contributed by atoms with Crippen molar-refractivity contribution in [3.63, 3.8) is 0 Å². The lowest BCUT2D eigenvalue weighted by Crippen LogP contribution is -2.50. The molecule has 8 nitrogen and oxygen atoms in total. The van der Waals surface area contributed by atoms with Gasteiger partial charge in [-0.1, -0.05) is 54.6 Å². The molecule has 11 heteroatoms. The fraction of sp³-hybridized carbons (Fsp3) is 0.500. The lowest BCUT2D eigenvalue weighted by Gasteiger charge is -2.31. The number of methoxy groups -OCH3 is 1. The average molecular weight is 599 g/mol. The average Bonchev–Trinajstić information content (AvgIpc) is 2.90. The van der Waals surface area contributed by atoms with Crippen molar-refractivity contribution >= 4 is 50.7 Å². The molecule has 0 aliphatic heterocycles. The number of nitrogens with one attached hydrogen (secondary N) is 1. The smallest absolute Gasteiger partial charge is 0.242 e. The summed E-state index contributed by atoms with van der Waals surface area (Å²) in [5.74, 6) is 0.206. The number of carbonyl (C=O) groups excluding carboxylic acids is 2. The van der Waals surface area contributed by atoms with Gasteiger partial charge in [0.1, 0.15) is 11.8 Å². The zero-order valence-electron chi connectivity index (χ0n) is 22.7. The van der Waals surface area contributed by atoms with Gasteiger partial charge in [-0.15, -0.1) is 0 Å². The van der Waals surface area contributed by atoms with Crippen LogP contribution in [0.15, 0.2) is 42.5 Å². The van der Waals surface area contributed by atoms with Gasteiger partial charge in [0, 0.05) is 30.6 Å².